The summed E-state index contributed by atoms with van der Waals surface area (Å²) in [5.74, 6) is -2.22. The van der Waals surface area contributed by atoms with Crippen LogP contribution >= 0.6 is 0 Å². The second-order valence-corrected chi connectivity index (χ2v) is 8.01. The van der Waals surface area contributed by atoms with E-state index in [1.165, 1.54) is 18.2 Å². The zero-order valence-electron chi connectivity index (χ0n) is 18.7. The Morgan fingerprint density at radius 1 is 1.06 bits per heavy atom. The average Bonchev–Trinajstić information content (AvgIpc) is 2.75. The predicted molar refractivity (Wildman–Crippen MR) is 121 cm³/mol. The van der Waals surface area contributed by atoms with Gasteiger partial charge in [0.05, 0.1) is 12.1 Å². The molecule has 0 aliphatic carbocycles. The second-order valence-electron chi connectivity index (χ2n) is 8.01. The van der Waals surface area contributed by atoms with Gasteiger partial charge in [-0.15, -0.1) is 0 Å². The molecule has 0 spiro atoms. The van der Waals surface area contributed by atoms with Crippen LogP contribution in [0.5, 0.6) is 0 Å². The maximum absolute atomic E-state index is 14.1. The topological polar surface area (TPSA) is 51.5 Å². The normalized spacial score (nSPS) is 11.3. The van der Waals surface area contributed by atoms with Gasteiger partial charge in [-0.1, -0.05) is 18.2 Å². The Morgan fingerprint density at radius 2 is 1.84 bits per heavy atom. The molecular weight excluding hydrogens is 414 g/mol. The standard InChI is InChI=1S/C25H28F2N2O3/c1-4-32-24(31)16-29-19(10-9-18-6-5-7-21(26)25(18)27)15-23(30)20-11-8-17(14-22(20)29)12-13-28(2)3/h5-8,11,14-15H,4,9-10,12-13,16H2,1-3H3. The van der Waals surface area contributed by atoms with Crippen LogP contribution in [0.15, 0.2) is 47.3 Å². The summed E-state index contributed by atoms with van der Waals surface area (Å²) >= 11 is 0. The minimum absolute atomic E-state index is 0.0667. The third-order valence-electron chi connectivity index (χ3n) is 5.39. The first-order valence-electron chi connectivity index (χ1n) is 10.7. The van der Waals surface area contributed by atoms with E-state index < -0.39 is 17.6 Å². The molecule has 0 bridgehead atoms. The summed E-state index contributed by atoms with van der Waals surface area (Å²) in [6, 6.07) is 11.1. The van der Waals surface area contributed by atoms with Crippen LogP contribution < -0.4 is 5.43 Å². The molecule has 3 aromatic rings. The van der Waals surface area contributed by atoms with Gasteiger partial charge in [0.15, 0.2) is 17.1 Å². The lowest BCUT2D eigenvalue weighted by Crippen LogP contribution is -2.21. The van der Waals surface area contributed by atoms with E-state index >= 15 is 0 Å². The molecule has 32 heavy (non-hydrogen) atoms. The lowest BCUT2D eigenvalue weighted by Gasteiger charge is -2.18. The van der Waals surface area contributed by atoms with Crippen LogP contribution in [0.3, 0.4) is 0 Å². The van der Waals surface area contributed by atoms with Crippen molar-refractivity contribution < 1.29 is 18.3 Å². The summed E-state index contributed by atoms with van der Waals surface area (Å²) in [6.45, 7) is 2.75. The van der Waals surface area contributed by atoms with Crippen molar-refractivity contribution in [3.8, 4) is 0 Å². The number of hydrogen-bond acceptors (Lipinski definition) is 4. The number of halogens is 2. The molecule has 0 fully saturated rings. The highest BCUT2D eigenvalue weighted by atomic mass is 19.2. The van der Waals surface area contributed by atoms with Gasteiger partial charge in [-0.05, 0) is 69.6 Å². The minimum Gasteiger partial charge on any atom is -0.465 e. The maximum Gasteiger partial charge on any atom is 0.325 e. The number of carbonyl (C=O) groups excluding carboxylic acids is 1. The van der Waals surface area contributed by atoms with Crippen molar-refractivity contribution in [3.05, 3.63) is 81.1 Å². The fraction of sp³-hybridized carbons (Fsp3) is 0.360. The van der Waals surface area contributed by atoms with Crippen molar-refractivity contribution in [2.24, 2.45) is 0 Å². The highest BCUT2D eigenvalue weighted by Gasteiger charge is 2.15. The lowest BCUT2D eigenvalue weighted by atomic mass is 10.0. The monoisotopic (exact) mass is 442 g/mol. The number of ether oxygens (including phenoxy) is 1. The third-order valence-corrected chi connectivity index (χ3v) is 5.39. The van der Waals surface area contributed by atoms with E-state index in [1.54, 1.807) is 17.6 Å². The molecule has 7 heteroatoms. The van der Waals surface area contributed by atoms with E-state index in [0.717, 1.165) is 24.6 Å². The summed E-state index contributed by atoms with van der Waals surface area (Å²) in [7, 11) is 3.97. The Kier molecular flexibility index (Phi) is 7.75. The molecule has 2 aromatic carbocycles. The molecule has 0 saturated carbocycles. The quantitative estimate of drug-likeness (QED) is 0.474. The number of nitrogens with zero attached hydrogens (tertiary/aromatic N) is 2. The van der Waals surface area contributed by atoms with E-state index in [9.17, 15) is 18.4 Å². The van der Waals surface area contributed by atoms with Crippen LogP contribution in [0.25, 0.3) is 10.9 Å². The minimum atomic E-state index is -0.907. The smallest absolute Gasteiger partial charge is 0.325 e. The van der Waals surface area contributed by atoms with E-state index in [-0.39, 0.29) is 37.0 Å². The molecule has 1 aromatic heterocycles. The fourth-order valence-corrected chi connectivity index (χ4v) is 3.71. The Labute approximate surface area is 186 Å². The molecule has 170 valence electrons. The van der Waals surface area contributed by atoms with Gasteiger partial charge in [0.2, 0.25) is 0 Å². The van der Waals surface area contributed by atoms with Gasteiger partial charge in [-0.2, -0.15) is 0 Å². The van der Waals surface area contributed by atoms with Crippen molar-refractivity contribution in [1.29, 1.82) is 0 Å². The van der Waals surface area contributed by atoms with Crippen molar-refractivity contribution >= 4 is 16.9 Å². The number of aryl methyl sites for hydroxylation is 2. The molecule has 5 nitrogen and oxygen atoms in total. The summed E-state index contributed by atoms with van der Waals surface area (Å²) in [5.41, 5.74) is 2.30. The maximum atomic E-state index is 14.1. The third kappa shape index (κ3) is 5.59. The van der Waals surface area contributed by atoms with Crippen LogP contribution in [0.4, 0.5) is 8.78 Å². The first-order chi connectivity index (χ1) is 15.3. The molecule has 3 rings (SSSR count). The Morgan fingerprint density at radius 3 is 2.56 bits per heavy atom. The Hall–Kier alpha value is -3.06. The number of likely N-dealkylation sites (N-methyl/N-ethyl adjacent to an activating group) is 1. The predicted octanol–water partition coefficient (Wildman–Crippen LogP) is 3.73. The number of hydrogen-bond donors (Lipinski definition) is 0. The van der Waals surface area contributed by atoms with Crippen molar-refractivity contribution in [2.75, 3.05) is 27.2 Å². The van der Waals surface area contributed by atoms with E-state index in [1.807, 2.05) is 26.2 Å². The van der Waals surface area contributed by atoms with Gasteiger partial charge < -0.3 is 14.2 Å². The number of rotatable bonds is 9. The van der Waals surface area contributed by atoms with Crippen molar-refractivity contribution in [3.63, 3.8) is 0 Å². The molecule has 0 aliphatic rings. The molecule has 0 amide bonds. The molecule has 0 atom stereocenters. The van der Waals surface area contributed by atoms with Crippen LogP contribution in [0, 0.1) is 11.6 Å². The van der Waals surface area contributed by atoms with Crippen LogP contribution in [-0.2, 0) is 35.3 Å². The Balaban J connectivity index is 2.05. The molecule has 1 heterocycles. The molecule has 0 unspecified atom stereocenters. The summed E-state index contributed by atoms with van der Waals surface area (Å²) in [6.07, 6.45) is 1.25. The van der Waals surface area contributed by atoms with Gasteiger partial charge in [0, 0.05) is 23.7 Å². The summed E-state index contributed by atoms with van der Waals surface area (Å²) < 4.78 is 34.6. The highest BCUT2D eigenvalue weighted by molar-refractivity contribution is 5.82. The van der Waals surface area contributed by atoms with Crippen molar-refractivity contribution in [2.45, 2.75) is 32.7 Å². The number of benzene rings is 2. The molecular formula is C25H28F2N2O3. The number of carbonyl (C=O) groups is 1. The lowest BCUT2D eigenvalue weighted by molar-refractivity contribution is -0.143. The Bertz CT molecular complexity index is 1170. The molecule has 0 aliphatic heterocycles. The van der Waals surface area contributed by atoms with Gasteiger partial charge in [-0.25, -0.2) is 8.78 Å². The van der Waals surface area contributed by atoms with Gasteiger partial charge in [0.1, 0.15) is 6.54 Å². The zero-order chi connectivity index (χ0) is 23.3. The summed E-state index contributed by atoms with van der Waals surface area (Å²) in [5, 5.41) is 0.503. The number of fused-ring (bicyclic) bond motifs is 1. The SMILES string of the molecule is CCOC(=O)Cn1c(CCc2cccc(F)c2F)cc(=O)c2ccc(CCN(C)C)cc21. The zero-order valence-corrected chi connectivity index (χ0v) is 18.7. The largest absolute Gasteiger partial charge is 0.465 e. The fourth-order valence-electron chi connectivity index (χ4n) is 3.71. The van der Waals surface area contributed by atoms with Crippen molar-refractivity contribution in [1.82, 2.24) is 9.47 Å². The van der Waals surface area contributed by atoms with Gasteiger partial charge in [0.25, 0.3) is 0 Å². The van der Waals surface area contributed by atoms with Gasteiger partial charge in [-0.3, -0.25) is 9.59 Å². The number of aromatic nitrogens is 1. The first-order valence-corrected chi connectivity index (χ1v) is 10.7. The van der Waals surface area contributed by atoms with E-state index in [4.69, 9.17) is 4.74 Å². The van der Waals surface area contributed by atoms with Crippen LogP contribution in [0.1, 0.15) is 23.7 Å². The molecule has 0 radical (unpaired) electrons. The van der Waals surface area contributed by atoms with E-state index in [0.29, 0.717) is 16.6 Å². The van der Waals surface area contributed by atoms with Crippen LogP contribution in [0.2, 0.25) is 0 Å². The van der Waals surface area contributed by atoms with Gasteiger partial charge >= 0.3 is 5.97 Å². The molecule has 0 saturated heterocycles. The number of esters is 1. The number of pyridine rings is 1. The van der Waals surface area contributed by atoms with E-state index in [2.05, 4.69) is 4.90 Å². The average molecular weight is 443 g/mol. The van der Waals surface area contributed by atoms with Crippen LogP contribution in [-0.4, -0.2) is 42.7 Å². The first kappa shape index (κ1) is 23.6. The molecule has 0 N–H and O–H groups in total. The summed E-state index contributed by atoms with van der Waals surface area (Å²) in [4.78, 5) is 27.2. The highest BCUT2D eigenvalue weighted by Crippen LogP contribution is 2.19. The second kappa shape index (κ2) is 10.5.